The molecule has 0 bridgehead atoms. The molecule has 0 aromatic heterocycles. The zero-order valence-corrected chi connectivity index (χ0v) is 12.9. The number of para-hydroxylation sites is 1. The normalized spacial score (nSPS) is 17.2. The predicted octanol–water partition coefficient (Wildman–Crippen LogP) is 4.28. The van der Waals surface area contributed by atoms with Gasteiger partial charge in [-0.15, -0.1) is 11.8 Å². The van der Waals surface area contributed by atoms with Gasteiger partial charge in [0.1, 0.15) is 5.75 Å². The molecular formula is C18H21NOS. The zero-order chi connectivity index (χ0) is 14.3. The summed E-state index contributed by atoms with van der Waals surface area (Å²) < 4.78 is 5.72. The SMILES string of the molecule is c1ccc(OCCCNC2CCSc3ccccc32)cc1. The lowest BCUT2D eigenvalue weighted by Gasteiger charge is -2.26. The van der Waals surface area contributed by atoms with Gasteiger partial charge < -0.3 is 10.1 Å². The van der Waals surface area contributed by atoms with Crippen LogP contribution in [0.15, 0.2) is 59.5 Å². The minimum absolute atomic E-state index is 0.499. The molecule has 3 rings (SSSR count). The van der Waals surface area contributed by atoms with Gasteiger partial charge in [0.2, 0.25) is 0 Å². The summed E-state index contributed by atoms with van der Waals surface area (Å²) in [7, 11) is 0. The maximum Gasteiger partial charge on any atom is 0.119 e. The van der Waals surface area contributed by atoms with Gasteiger partial charge in [0.15, 0.2) is 0 Å². The number of ether oxygens (including phenoxy) is 1. The highest BCUT2D eigenvalue weighted by atomic mass is 32.2. The van der Waals surface area contributed by atoms with Crippen molar-refractivity contribution in [2.75, 3.05) is 18.9 Å². The van der Waals surface area contributed by atoms with E-state index in [0.29, 0.717) is 6.04 Å². The van der Waals surface area contributed by atoms with E-state index in [9.17, 15) is 0 Å². The highest BCUT2D eigenvalue weighted by Crippen LogP contribution is 2.35. The quantitative estimate of drug-likeness (QED) is 0.804. The number of hydrogen-bond donors (Lipinski definition) is 1. The number of hydrogen-bond acceptors (Lipinski definition) is 3. The summed E-state index contributed by atoms with van der Waals surface area (Å²) >= 11 is 1.97. The molecule has 1 atom stereocenters. The van der Waals surface area contributed by atoms with Gasteiger partial charge in [0.25, 0.3) is 0 Å². The summed E-state index contributed by atoms with van der Waals surface area (Å²) in [6.07, 6.45) is 2.24. The van der Waals surface area contributed by atoms with E-state index in [1.165, 1.54) is 22.6 Å². The van der Waals surface area contributed by atoms with E-state index in [1.54, 1.807) is 0 Å². The molecule has 1 aliphatic heterocycles. The third-order valence-corrected chi connectivity index (χ3v) is 4.80. The average molecular weight is 299 g/mol. The van der Waals surface area contributed by atoms with E-state index < -0.39 is 0 Å². The van der Waals surface area contributed by atoms with Crippen LogP contribution < -0.4 is 10.1 Å². The first-order valence-electron chi connectivity index (χ1n) is 7.56. The van der Waals surface area contributed by atoms with Crippen molar-refractivity contribution >= 4 is 11.8 Å². The summed E-state index contributed by atoms with van der Waals surface area (Å²) in [6.45, 7) is 1.76. The maximum atomic E-state index is 5.72. The first-order chi connectivity index (χ1) is 10.4. The van der Waals surface area contributed by atoms with Gasteiger partial charge in [0.05, 0.1) is 6.61 Å². The Bertz CT molecular complexity index is 558. The molecule has 0 aliphatic carbocycles. The predicted molar refractivity (Wildman–Crippen MR) is 89.1 cm³/mol. The summed E-state index contributed by atoms with van der Waals surface area (Å²) in [5, 5.41) is 3.67. The van der Waals surface area contributed by atoms with Crippen molar-refractivity contribution in [3.63, 3.8) is 0 Å². The molecule has 2 nitrogen and oxygen atoms in total. The molecule has 21 heavy (non-hydrogen) atoms. The molecule has 3 heteroatoms. The van der Waals surface area contributed by atoms with Gasteiger partial charge in [-0.3, -0.25) is 0 Å². The van der Waals surface area contributed by atoms with E-state index in [1.807, 2.05) is 42.1 Å². The van der Waals surface area contributed by atoms with Crippen LogP contribution in [0.25, 0.3) is 0 Å². The second kappa shape index (κ2) is 7.53. The van der Waals surface area contributed by atoms with Gasteiger partial charge in [0, 0.05) is 10.9 Å². The molecule has 110 valence electrons. The van der Waals surface area contributed by atoms with Crippen molar-refractivity contribution in [1.29, 1.82) is 0 Å². The Balaban J connectivity index is 1.42. The van der Waals surface area contributed by atoms with Crippen LogP contribution in [0.3, 0.4) is 0 Å². The van der Waals surface area contributed by atoms with Crippen molar-refractivity contribution in [2.24, 2.45) is 0 Å². The molecule has 0 saturated heterocycles. The maximum absolute atomic E-state index is 5.72. The van der Waals surface area contributed by atoms with Crippen LogP contribution in [0.5, 0.6) is 5.75 Å². The third kappa shape index (κ3) is 4.02. The van der Waals surface area contributed by atoms with Crippen molar-refractivity contribution < 1.29 is 4.74 Å². The smallest absolute Gasteiger partial charge is 0.119 e. The van der Waals surface area contributed by atoms with E-state index in [2.05, 4.69) is 29.6 Å². The molecular weight excluding hydrogens is 278 g/mol. The molecule has 0 fully saturated rings. The number of fused-ring (bicyclic) bond motifs is 1. The molecule has 1 heterocycles. The first-order valence-corrected chi connectivity index (χ1v) is 8.55. The Hall–Kier alpha value is -1.45. The van der Waals surface area contributed by atoms with Gasteiger partial charge >= 0.3 is 0 Å². The van der Waals surface area contributed by atoms with E-state index in [4.69, 9.17) is 4.74 Å². The summed E-state index contributed by atoms with van der Waals surface area (Å²) in [4.78, 5) is 1.43. The van der Waals surface area contributed by atoms with E-state index >= 15 is 0 Å². The summed E-state index contributed by atoms with van der Waals surface area (Å²) in [5.74, 6) is 2.16. The Labute approximate surface area is 130 Å². The molecule has 0 radical (unpaired) electrons. The molecule has 1 N–H and O–H groups in total. The zero-order valence-electron chi connectivity index (χ0n) is 12.1. The topological polar surface area (TPSA) is 21.3 Å². The van der Waals surface area contributed by atoms with Crippen LogP contribution in [0.2, 0.25) is 0 Å². The monoisotopic (exact) mass is 299 g/mol. The standard InChI is InChI=1S/C18H21NOS/c1-2-7-15(8-3-1)20-13-6-12-19-17-11-14-21-18-10-5-4-9-16(17)18/h1-5,7-10,17,19H,6,11-14H2. The number of nitrogens with one attached hydrogen (secondary N) is 1. The molecule has 1 aliphatic rings. The Morgan fingerprint density at radius 2 is 1.86 bits per heavy atom. The molecule has 0 amide bonds. The highest BCUT2D eigenvalue weighted by molar-refractivity contribution is 7.99. The first kappa shape index (κ1) is 14.5. The van der Waals surface area contributed by atoms with Gasteiger partial charge in [-0.2, -0.15) is 0 Å². The lowest BCUT2D eigenvalue weighted by Crippen LogP contribution is -2.26. The second-order valence-corrected chi connectivity index (χ2v) is 6.33. The number of benzene rings is 2. The van der Waals surface area contributed by atoms with Gasteiger partial charge in [-0.1, -0.05) is 36.4 Å². The molecule has 0 spiro atoms. The molecule has 2 aromatic carbocycles. The molecule has 0 saturated carbocycles. The van der Waals surface area contributed by atoms with Crippen molar-refractivity contribution in [2.45, 2.75) is 23.8 Å². The average Bonchev–Trinajstić information content (AvgIpc) is 2.56. The number of rotatable bonds is 6. The fraction of sp³-hybridized carbons (Fsp3) is 0.333. The number of thioether (sulfide) groups is 1. The van der Waals surface area contributed by atoms with Crippen LogP contribution in [-0.2, 0) is 0 Å². The largest absolute Gasteiger partial charge is 0.494 e. The van der Waals surface area contributed by atoms with Crippen LogP contribution in [0.1, 0.15) is 24.4 Å². The van der Waals surface area contributed by atoms with Gasteiger partial charge in [-0.05, 0) is 48.9 Å². The van der Waals surface area contributed by atoms with Crippen LogP contribution in [-0.4, -0.2) is 18.9 Å². The lowest BCUT2D eigenvalue weighted by molar-refractivity contribution is 0.304. The molecule has 2 aromatic rings. The van der Waals surface area contributed by atoms with Crippen LogP contribution in [0, 0.1) is 0 Å². The third-order valence-electron chi connectivity index (χ3n) is 3.68. The lowest BCUT2D eigenvalue weighted by atomic mass is 10.0. The minimum atomic E-state index is 0.499. The Morgan fingerprint density at radius 3 is 2.76 bits per heavy atom. The Morgan fingerprint density at radius 1 is 1.05 bits per heavy atom. The summed E-state index contributed by atoms with van der Waals surface area (Å²) in [6, 6.07) is 19.3. The fourth-order valence-corrected chi connectivity index (χ4v) is 3.73. The fourth-order valence-electron chi connectivity index (χ4n) is 2.61. The second-order valence-electron chi connectivity index (χ2n) is 5.20. The van der Waals surface area contributed by atoms with E-state index in [-0.39, 0.29) is 0 Å². The van der Waals surface area contributed by atoms with Crippen LogP contribution >= 0.6 is 11.8 Å². The molecule has 1 unspecified atom stereocenters. The van der Waals surface area contributed by atoms with Crippen molar-refractivity contribution in [1.82, 2.24) is 5.32 Å². The van der Waals surface area contributed by atoms with Gasteiger partial charge in [-0.25, -0.2) is 0 Å². The van der Waals surface area contributed by atoms with Crippen molar-refractivity contribution in [3.8, 4) is 5.75 Å². The minimum Gasteiger partial charge on any atom is -0.494 e. The summed E-state index contributed by atoms with van der Waals surface area (Å²) in [5.41, 5.74) is 1.46. The highest BCUT2D eigenvalue weighted by Gasteiger charge is 2.19. The van der Waals surface area contributed by atoms with E-state index in [0.717, 1.165) is 25.3 Å². The van der Waals surface area contributed by atoms with Crippen LogP contribution in [0.4, 0.5) is 0 Å². The Kier molecular flexibility index (Phi) is 5.19. The van der Waals surface area contributed by atoms with Crippen molar-refractivity contribution in [3.05, 3.63) is 60.2 Å².